The van der Waals surface area contributed by atoms with Crippen LogP contribution in [0.3, 0.4) is 0 Å². The number of allylic oxidation sites excluding steroid dienone is 2. The summed E-state index contributed by atoms with van der Waals surface area (Å²) in [6, 6.07) is 0. The molecule has 0 unspecified atom stereocenters. The van der Waals surface area contributed by atoms with Crippen LogP contribution in [0.25, 0.3) is 0 Å². The molecule has 0 atom stereocenters. The average Bonchev–Trinajstić information content (AvgIpc) is 1.82. The topological polar surface area (TPSA) is 0 Å². The van der Waals surface area contributed by atoms with E-state index in [0.717, 1.165) is 6.42 Å². The molecule has 0 heterocycles. The average molecular weight is 122 g/mol. The van der Waals surface area contributed by atoms with Gasteiger partial charge in [-0.15, -0.1) is 5.92 Å². The number of hydrogen-bond acceptors (Lipinski definition) is 0. The van der Waals surface area contributed by atoms with Crippen molar-refractivity contribution < 1.29 is 0 Å². The zero-order chi connectivity index (χ0) is 7.28. The monoisotopic (exact) mass is 122 g/mol. The SMILES string of the molecule is CC#CCC(C)=C(C)C. The van der Waals surface area contributed by atoms with E-state index in [1.165, 1.54) is 11.1 Å². The van der Waals surface area contributed by atoms with Gasteiger partial charge in [-0.2, -0.15) is 0 Å². The summed E-state index contributed by atoms with van der Waals surface area (Å²) in [5.41, 5.74) is 2.78. The minimum atomic E-state index is 0.929. The molecule has 0 heteroatoms. The summed E-state index contributed by atoms with van der Waals surface area (Å²) in [7, 11) is 0. The predicted octanol–water partition coefficient (Wildman–Crippen LogP) is 2.76. The molecule has 0 aliphatic rings. The molecule has 0 aromatic carbocycles. The lowest BCUT2D eigenvalue weighted by molar-refractivity contribution is 1.16. The summed E-state index contributed by atoms with van der Waals surface area (Å²) in [5.74, 6) is 5.89. The molecule has 0 aliphatic heterocycles. The highest BCUT2D eigenvalue weighted by Crippen LogP contribution is 2.04. The molecular formula is C9H14. The fourth-order valence-corrected chi connectivity index (χ4v) is 0.398. The number of rotatable bonds is 1. The molecule has 9 heavy (non-hydrogen) atoms. The van der Waals surface area contributed by atoms with Crippen LogP contribution in [0.5, 0.6) is 0 Å². The summed E-state index contributed by atoms with van der Waals surface area (Å²) < 4.78 is 0. The van der Waals surface area contributed by atoms with Gasteiger partial charge in [-0.25, -0.2) is 0 Å². The van der Waals surface area contributed by atoms with E-state index in [1.54, 1.807) is 0 Å². The van der Waals surface area contributed by atoms with Gasteiger partial charge in [0, 0.05) is 6.42 Å². The molecule has 0 N–H and O–H groups in total. The van der Waals surface area contributed by atoms with E-state index in [1.807, 2.05) is 6.92 Å². The summed E-state index contributed by atoms with van der Waals surface area (Å²) in [6.45, 7) is 8.23. The van der Waals surface area contributed by atoms with Crippen molar-refractivity contribution in [3.05, 3.63) is 11.1 Å². The Bertz CT molecular complexity index is 158. The highest BCUT2D eigenvalue weighted by atomic mass is 13.9. The molecule has 0 fully saturated rings. The van der Waals surface area contributed by atoms with E-state index in [2.05, 4.69) is 32.6 Å². The highest BCUT2D eigenvalue weighted by Gasteiger charge is 1.85. The molecule has 0 saturated heterocycles. The predicted molar refractivity (Wildman–Crippen MR) is 42.1 cm³/mol. The Morgan fingerprint density at radius 3 is 2.11 bits per heavy atom. The summed E-state index contributed by atoms with van der Waals surface area (Å²) >= 11 is 0. The van der Waals surface area contributed by atoms with E-state index >= 15 is 0 Å². The van der Waals surface area contributed by atoms with Crippen molar-refractivity contribution in [3.8, 4) is 11.8 Å². The molecule has 0 bridgehead atoms. The van der Waals surface area contributed by atoms with E-state index < -0.39 is 0 Å². The van der Waals surface area contributed by atoms with Gasteiger partial charge in [0.05, 0.1) is 0 Å². The Kier molecular flexibility index (Phi) is 3.88. The number of hydrogen-bond donors (Lipinski definition) is 0. The minimum Gasteiger partial charge on any atom is -0.106 e. The minimum absolute atomic E-state index is 0.929. The van der Waals surface area contributed by atoms with Crippen molar-refractivity contribution in [3.63, 3.8) is 0 Å². The summed E-state index contributed by atoms with van der Waals surface area (Å²) in [5, 5.41) is 0. The Hall–Kier alpha value is -0.700. The van der Waals surface area contributed by atoms with Gasteiger partial charge >= 0.3 is 0 Å². The molecule has 0 aromatic rings. The van der Waals surface area contributed by atoms with Gasteiger partial charge in [0.15, 0.2) is 0 Å². The largest absolute Gasteiger partial charge is 0.106 e. The molecule has 0 spiro atoms. The lowest BCUT2D eigenvalue weighted by atomic mass is 10.1. The van der Waals surface area contributed by atoms with Crippen LogP contribution in [0, 0.1) is 11.8 Å². The van der Waals surface area contributed by atoms with Crippen LogP contribution in [0.1, 0.15) is 34.1 Å². The van der Waals surface area contributed by atoms with E-state index in [-0.39, 0.29) is 0 Å². The van der Waals surface area contributed by atoms with Gasteiger partial charge in [-0.1, -0.05) is 17.1 Å². The van der Waals surface area contributed by atoms with Crippen molar-refractivity contribution in [2.24, 2.45) is 0 Å². The zero-order valence-electron chi connectivity index (χ0n) is 6.71. The smallest absolute Gasteiger partial charge is 0.0298 e. The lowest BCUT2D eigenvalue weighted by Crippen LogP contribution is -1.76. The third-order valence-corrected chi connectivity index (χ3v) is 1.38. The second-order valence-electron chi connectivity index (χ2n) is 2.38. The van der Waals surface area contributed by atoms with Crippen LogP contribution in [0.4, 0.5) is 0 Å². The fraction of sp³-hybridized carbons (Fsp3) is 0.556. The molecule has 0 saturated carbocycles. The van der Waals surface area contributed by atoms with Crippen LogP contribution in [-0.2, 0) is 0 Å². The molecule has 0 aliphatic carbocycles. The maximum absolute atomic E-state index is 3.02. The molecule has 0 nitrogen and oxygen atoms in total. The fourth-order valence-electron chi connectivity index (χ4n) is 0.398. The second kappa shape index (κ2) is 4.21. The molecule has 50 valence electrons. The standard InChI is InChI=1S/C9H14/c1-5-6-7-9(4)8(2)3/h7H2,1-4H3. The van der Waals surface area contributed by atoms with Crippen LogP contribution in [-0.4, -0.2) is 0 Å². The first-order valence-corrected chi connectivity index (χ1v) is 3.21. The van der Waals surface area contributed by atoms with Crippen molar-refractivity contribution in [1.82, 2.24) is 0 Å². The Labute approximate surface area is 58.0 Å². The van der Waals surface area contributed by atoms with Gasteiger partial charge in [-0.05, 0) is 27.7 Å². The normalized spacial score (nSPS) is 7.56. The third-order valence-electron chi connectivity index (χ3n) is 1.38. The first-order chi connectivity index (χ1) is 4.18. The van der Waals surface area contributed by atoms with Crippen molar-refractivity contribution in [2.75, 3.05) is 0 Å². The molecule has 0 aromatic heterocycles. The van der Waals surface area contributed by atoms with E-state index in [4.69, 9.17) is 0 Å². The maximum Gasteiger partial charge on any atom is 0.0298 e. The Balaban J connectivity index is 3.87. The maximum atomic E-state index is 3.02. The van der Waals surface area contributed by atoms with Gasteiger partial charge in [0.1, 0.15) is 0 Å². The van der Waals surface area contributed by atoms with Crippen molar-refractivity contribution in [2.45, 2.75) is 34.1 Å². The van der Waals surface area contributed by atoms with Gasteiger partial charge in [0.2, 0.25) is 0 Å². The molecule has 0 rings (SSSR count). The van der Waals surface area contributed by atoms with Crippen LogP contribution in [0.15, 0.2) is 11.1 Å². The highest BCUT2D eigenvalue weighted by molar-refractivity contribution is 5.14. The summed E-state index contributed by atoms with van der Waals surface area (Å²) in [6.07, 6.45) is 0.929. The van der Waals surface area contributed by atoms with Crippen molar-refractivity contribution >= 4 is 0 Å². The Morgan fingerprint density at radius 1 is 1.22 bits per heavy atom. The van der Waals surface area contributed by atoms with Gasteiger partial charge in [-0.3, -0.25) is 0 Å². The Morgan fingerprint density at radius 2 is 1.78 bits per heavy atom. The molecule has 0 radical (unpaired) electrons. The zero-order valence-corrected chi connectivity index (χ0v) is 6.71. The lowest BCUT2D eigenvalue weighted by Gasteiger charge is -1.94. The van der Waals surface area contributed by atoms with Crippen molar-refractivity contribution in [1.29, 1.82) is 0 Å². The third kappa shape index (κ3) is 3.85. The van der Waals surface area contributed by atoms with E-state index in [0.29, 0.717) is 0 Å². The molecular weight excluding hydrogens is 108 g/mol. The van der Waals surface area contributed by atoms with Crippen LogP contribution < -0.4 is 0 Å². The second-order valence-corrected chi connectivity index (χ2v) is 2.38. The van der Waals surface area contributed by atoms with Crippen LogP contribution in [0.2, 0.25) is 0 Å². The van der Waals surface area contributed by atoms with Gasteiger partial charge < -0.3 is 0 Å². The quantitative estimate of drug-likeness (QED) is 0.370. The first-order valence-electron chi connectivity index (χ1n) is 3.21. The van der Waals surface area contributed by atoms with Gasteiger partial charge in [0.25, 0.3) is 0 Å². The summed E-state index contributed by atoms with van der Waals surface area (Å²) in [4.78, 5) is 0. The van der Waals surface area contributed by atoms with E-state index in [9.17, 15) is 0 Å². The first kappa shape index (κ1) is 8.30. The molecule has 0 amide bonds. The van der Waals surface area contributed by atoms with Crippen LogP contribution >= 0.6 is 0 Å².